The molecule has 1 aliphatic heterocycles. The van der Waals surface area contributed by atoms with Gasteiger partial charge in [-0.2, -0.15) is 0 Å². The zero-order chi connectivity index (χ0) is 26.7. The molecule has 0 radical (unpaired) electrons. The van der Waals surface area contributed by atoms with Gasteiger partial charge in [-0.3, -0.25) is 4.90 Å². The molecule has 1 saturated heterocycles. The molecule has 1 atom stereocenters. The summed E-state index contributed by atoms with van der Waals surface area (Å²) < 4.78 is 16.6. The molecule has 1 heterocycles. The summed E-state index contributed by atoms with van der Waals surface area (Å²) in [7, 11) is 3.04. The summed E-state index contributed by atoms with van der Waals surface area (Å²) in [6.45, 7) is 4.93. The van der Waals surface area contributed by atoms with Crippen LogP contribution in [0, 0.1) is 5.92 Å². The van der Waals surface area contributed by atoms with Crippen LogP contribution in [-0.4, -0.2) is 75.3 Å². The van der Waals surface area contributed by atoms with E-state index < -0.39 is 0 Å². The van der Waals surface area contributed by atoms with Crippen LogP contribution < -0.4 is 10.1 Å². The lowest BCUT2D eigenvalue weighted by Gasteiger charge is -2.36. The van der Waals surface area contributed by atoms with Crippen LogP contribution in [0.15, 0.2) is 48.5 Å². The van der Waals surface area contributed by atoms with Crippen LogP contribution in [0.1, 0.15) is 59.7 Å². The minimum atomic E-state index is -0.353. The number of ether oxygens (including phenoxy) is 3. The molecule has 8 nitrogen and oxygen atoms in total. The summed E-state index contributed by atoms with van der Waals surface area (Å²) in [5.74, 6) is 1.07. The summed E-state index contributed by atoms with van der Waals surface area (Å²) in [6.07, 6.45) is 6.19. The van der Waals surface area contributed by atoms with Gasteiger partial charge in [0, 0.05) is 39.3 Å². The highest BCUT2D eigenvalue weighted by atomic mass is 16.5. The number of methoxy groups -OCH3 is 2. The minimum Gasteiger partial charge on any atom is -0.497 e. The van der Waals surface area contributed by atoms with E-state index in [0.717, 1.165) is 36.5 Å². The van der Waals surface area contributed by atoms with Crippen molar-refractivity contribution in [3.8, 4) is 5.75 Å². The molecule has 8 heteroatoms. The van der Waals surface area contributed by atoms with Gasteiger partial charge >= 0.3 is 12.0 Å². The number of benzene rings is 2. The number of nitrogens with zero attached hydrogens (tertiary/aromatic N) is 2. The normalized spacial score (nSPS) is 17.6. The molecule has 0 spiro atoms. The van der Waals surface area contributed by atoms with E-state index in [1.807, 2.05) is 35.2 Å². The summed E-state index contributed by atoms with van der Waals surface area (Å²) in [6, 6.07) is 15.3. The Morgan fingerprint density at radius 2 is 1.71 bits per heavy atom. The Morgan fingerprint density at radius 1 is 0.974 bits per heavy atom. The van der Waals surface area contributed by atoms with Crippen LogP contribution >= 0.6 is 0 Å². The van der Waals surface area contributed by atoms with E-state index in [9.17, 15) is 9.59 Å². The van der Waals surface area contributed by atoms with Gasteiger partial charge in [0.1, 0.15) is 5.75 Å². The second kappa shape index (κ2) is 14.2. The van der Waals surface area contributed by atoms with Crippen molar-refractivity contribution < 1.29 is 23.8 Å². The molecule has 4 rings (SSSR count). The number of nitrogens with one attached hydrogen (secondary N) is 1. The third-order valence-electron chi connectivity index (χ3n) is 7.64. The number of rotatable bonds is 10. The van der Waals surface area contributed by atoms with Gasteiger partial charge in [0.25, 0.3) is 0 Å². The van der Waals surface area contributed by atoms with E-state index in [1.54, 1.807) is 19.2 Å². The molecule has 206 valence electrons. The van der Waals surface area contributed by atoms with Crippen LogP contribution in [0.3, 0.4) is 0 Å². The van der Waals surface area contributed by atoms with Crippen molar-refractivity contribution >= 4 is 12.0 Å². The SMILES string of the molecule is COC(=O)c1ccc(CO[C@@H](CN2CCN(C(=O)NCC3CCCCC3)CC2)c2cccc(OC)c2)cc1. The van der Waals surface area contributed by atoms with E-state index in [0.29, 0.717) is 37.7 Å². The first kappa shape index (κ1) is 27.9. The molecule has 0 unspecified atom stereocenters. The molecule has 2 aromatic carbocycles. The molecule has 2 fully saturated rings. The monoisotopic (exact) mass is 523 g/mol. The smallest absolute Gasteiger partial charge is 0.337 e. The molecule has 1 saturated carbocycles. The van der Waals surface area contributed by atoms with Gasteiger partial charge in [-0.05, 0) is 54.2 Å². The van der Waals surface area contributed by atoms with Crippen molar-refractivity contribution in [1.82, 2.24) is 15.1 Å². The number of carbonyl (C=O) groups excluding carboxylic acids is 2. The first-order chi connectivity index (χ1) is 18.6. The number of esters is 1. The minimum absolute atomic E-state index is 0.0613. The highest BCUT2D eigenvalue weighted by molar-refractivity contribution is 5.89. The summed E-state index contributed by atoms with van der Waals surface area (Å²) in [5, 5.41) is 3.17. The number of piperazine rings is 1. The molecular weight excluding hydrogens is 482 g/mol. The van der Waals surface area contributed by atoms with Crippen molar-refractivity contribution in [3.63, 3.8) is 0 Å². The fourth-order valence-electron chi connectivity index (χ4n) is 5.25. The van der Waals surface area contributed by atoms with Gasteiger partial charge in [0.15, 0.2) is 0 Å². The van der Waals surface area contributed by atoms with Crippen molar-refractivity contribution in [2.24, 2.45) is 5.92 Å². The Balaban J connectivity index is 1.32. The highest BCUT2D eigenvalue weighted by Gasteiger charge is 2.25. The Hall–Kier alpha value is -3.10. The zero-order valence-corrected chi connectivity index (χ0v) is 22.7. The quantitative estimate of drug-likeness (QED) is 0.457. The number of amides is 2. The van der Waals surface area contributed by atoms with E-state index in [-0.39, 0.29) is 18.1 Å². The van der Waals surface area contributed by atoms with E-state index in [4.69, 9.17) is 14.2 Å². The third-order valence-corrected chi connectivity index (χ3v) is 7.64. The van der Waals surface area contributed by atoms with E-state index >= 15 is 0 Å². The van der Waals surface area contributed by atoms with Gasteiger partial charge in [-0.15, -0.1) is 0 Å². The molecule has 1 N–H and O–H groups in total. The van der Waals surface area contributed by atoms with Crippen molar-refractivity contribution in [2.45, 2.75) is 44.8 Å². The first-order valence-corrected chi connectivity index (χ1v) is 13.7. The van der Waals surface area contributed by atoms with E-state index in [1.165, 1.54) is 39.2 Å². The van der Waals surface area contributed by atoms with Crippen molar-refractivity contribution in [1.29, 1.82) is 0 Å². The number of hydrogen-bond acceptors (Lipinski definition) is 6. The zero-order valence-electron chi connectivity index (χ0n) is 22.7. The van der Waals surface area contributed by atoms with Gasteiger partial charge in [-0.25, -0.2) is 9.59 Å². The number of urea groups is 1. The molecule has 38 heavy (non-hydrogen) atoms. The highest BCUT2D eigenvalue weighted by Crippen LogP contribution is 2.26. The van der Waals surface area contributed by atoms with Gasteiger partial charge < -0.3 is 24.4 Å². The molecule has 2 aliphatic rings. The number of hydrogen-bond donors (Lipinski definition) is 1. The lowest BCUT2D eigenvalue weighted by molar-refractivity contribution is 0.00542. The van der Waals surface area contributed by atoms with Gasteiger partial charge in [0.2, 0.25) is 0 Å². The van der Waals surface area contributed by atoms with Crippen LogP contribution in [0.4, 0.5) is 4.79 Å². The van der Waals surface area contributed by atoms with Gasteiger partial charge in [-0.1, -0.05) is 43.5 Å². The fourth-order valence-corrected chi connectivity index (χ4v) is 5.25. The van der Waals surface area contributed by atoms with Crippen molar-refractivity contribution in [2.75, 3.05) is 53.5 Å². The summed E-state index contributed by atoms with van der Waals surface area (Å²) in [5.41, 5.74) is 2.54. The second-order valence-corrected chi connectivity index (χ2v) is 10.2. The molecule has 0 aromatic heterocycles. The Morgan fingerprint density at radius 3 is 2.39 bits per heavy atom. The molecule has 2 aromatic rings. The molecular formula is C30H41N3O5. The largest absolute Gasteiger partial charge is 0.497 e. The standard InChI is InChI=1S/C30H41N3O5/c1-36-27-10-6-9-26(19-27)28(38-22-24-11-13-25(14-12-24)29(34)37-2)21-32-15-17-33(18-16-32)30(35)31-20-23-7-4-3-5-8-23/h6,9-14,19,23,28H,3-5,7-8,15-18,20-22H2,1-2H3,(H,31,35)/t28-/m0/s1. The Bertz CT molecular complexity index is 1030. The lowest BCUT2D eigenvalue weighted by atomic mass is 9.89. The predicted octanol–water partition coefficient (Wildman–Crippen LogP) is 4.65. The average molecular weight is 524 g/mol. The predicted molar refractivity (Wildman–Crippen MR) is 146 cm³/mol. The van der Waals surface area contributed by atoms with E-state index in [2.05, 4.69) is 16.3 Å². The van der Waals surface area contributed by atoms with Crippen LogP contribution in [0.25, 0.3) is 0 Å². The molecule has 0 bridgehead atoms. The van der Waals surface area contributed by atoms with Crippen molar-refractivity contribution in [3.05, 3.63) is 65.2 Å². The molecule has 2 amide bonds. The summed E-state index contributed by atoms with van der Waals surface area (Å²) in [4.78, 5) is 28.8. The first-order valence-electron chi connectivity index (χ1n) is 13.7. The van der Waals surface area contributed by atoms with Crippen LogP contribution in [0.2, 0.25) is 0 Å². The Kier molecular flexibility index (Phi) is 10.4. The topological polar surface area (TPSA) is 80.3 Å². The number of carbonyl (C=O) groups is 2. The maximum absolute atomic E-state index is 12.7. The average Bonchev–Trinajstić information content (AvgIpc) is 2.98. The van der Waals surface area contributed by atoms with Gasteiger partial charge in [0.05, 0.1) is 32.5 Å². The summed E-state index contributed by atoms with van der Waals surface area (Å²) >= 11 is 0. The lowest BCUT2D eigenvalue weighted by Crippen LogP contribution is -2.53. The third kappa shape index (κ3) is 7.95. The van der Waals surface area contributed by atoms with Crippen LogP contribution in [0.5, 0.6) is 5.75 Å². The molecule has 1 aliphatic carbocycles. The second-order valence-electron chi connectivity index (χ2n) is 10.2. The maximum atomic E-state index is 12.7. The fraction of sp³-hybridized carbons (Fsp3) is 0.533. The maximum Gasteiger partial charge on any atom is 0.337 e. The Labute approximate surface area is 226 Å². The van der Waals surface area contributed by atoms with Crippen LogP contribution in [-0.2, 0) is 16.1 Å².